The second kappa shape index (κ2) is 4.43. The molecule has 0 N–H and O–H groups in total. The van der Waals surface area contributed by atoms with Crippen molar-refractivity contribution in [2.75, 3.05) is 20.1 Å². The lowest BCUT2D eigenvalue weighted by atomic mass is 10.2. The van der Waals surface area contributed by atoms with Crippen LogP contribution in [0.2, 0.25) is 0 Å². The molecule has 0 radical (unpaired) electrons. The molecular weight excluding hydrogens is 160 g/mol. The van der Waals surface area contributed by atoms with Crippen molar-refractivity contribution >= 4 is 0 Å². The van der Waals surface area contributed by atoms with Crippen LogP contribution in [0.5, 0.6) is 0 Å². The Morgan fingerprint density at radius 3 is 2.31 bits per heavy atom. The van der Waals surface area contributed by atoms with Gasteiger partial charge in [0.05, 0.1) is 0 Å². The fourth-order valence-corrected chi connectivity index (χ4v) is 2.02. The summed E-state index contributed by atoms with van der Waals surface area (Å²) in [5, 5.41) is 0. The summed E-state index contributed by atoms with van der Waals surface area (Å²) >= 11 is 0. The van der Waals surface area contributed by atoms with E-state index in [9.17, 15) is 0 Å². The molecule has 1 rings (SSSR count). The smallest absolute Gasteiger partial charge is 0.0194 e. The second-order valence-corrected chi connectivity index (χ2v) is 4.74. The Morgan fingerprint density at radius 1 is 1.15 bits per heavy atom. The number of likely N-dealkylation sites (N-methyl/N-ethyl adjacent to an activating group) is 1. The Labute approximate surface area is 82.9 Å². The van der Waals surface area contributed by atoms with Crippen molar-refractivity contribution in [3.63, 3.8) is 0 Å². The molecule has 0 bridgehead atoms. The fraction of sp³-hybridized carbons (Fsp3) is 1.00. The Morgan fingerprint density at radius 2 is 1.77 bits per heavy atom. The molecule has 1 saturated heterocycles. The summed E-state index contributed by atoms with van der Waals surface area (Å²) in [6, 6.07) is 2.12. The third kappa shape index (κ3) is 2.68. The predicted octanol–water partition coefficient (Wildman–Crippen LogP) is 1.81. The van der Waals surface area contributed by atoms with E-state index >= 15 is 0 Å². The van der Waals surface area contributed by atoms with Crippen LogP contribution in [0, 0.1) is 0 Å². The fourth-order valence-electron chi connectivity index (χ4n) is 2.02. The highest BCUT2D eigenvalue weighted by molar-refractivity contribution is 4.80. The van der Waals surface area contributed by atoms with Gasteiger partial charge in [-0.3, -0.25) is 9.80 Å². The molecule has 1 fully saturated rings. The molecule has 0 aliphatic carbocycles. The molecule has 78 valence electrons. The molecule has 0 aromatic carbocycles. The van der Waals surface area contributed by atoms with Crippen LogP contribution in [-0.2, 0) is 0 Å². The molecule has 0 aromatic heterocycles. The van der Waals surface area contributed by atoms with Crippen LogP contribution >= 0.6 is 0 Å². The van der Waals surface area contributed by atoms with Crippen molar-refractivity contribution < 1.29 is 0 Å². The minimum absolute atomic E-state index is 0.694. The minimum Gasteiger partial charge on any atom is -0.300 e. The van der Waals surface area contributed by atoms with Crippen LogP contribution in [0.1, 0.15) is 34.1 Å². The lowest BCUT2D eigenvalue weighted by Gasteiger charge is -2.29. The van der Waals surface area contributed by atoms with Crippen molar-refractivity contribution in [3.8, 4) is 0 Å². The van der Waals surface area contributed by atoms with Gasteiger partial charge >= 0.3 is 0 Å². The molecule has 0 unspecified atom stereocenters. The normalized spacial score (nSPS) is 33.7. The van der Waals surface area contributed by atoms with E-state index < -0.39 is 0 Å². The summed E-state index contributed by atoms with van der Waals surface area (Å²) < 4.78 is 0. The van der Waals surface area contributed by atoms with E-state index in [2.05, 4.69) is 44.5 Å². The summed E-state index contributed by atoms with van der Waals surface area (Å²) in [7, 11) is 2.25. The zero-order chi connectivity index (χ0) is 10.0. The Bertz CT molecular complexity index is 156. The molecule has 0 aromatic rings. The van der Waals surface area contributed by atoms with Gasteiger partial charge in [0.15, 0.2) is 0 Å². The largest absolute Gasteiger partial charge is 0.300 e. The molecule has 0 saturated carbocycles. The average Bonchev–Trinajstić information content (AvgIpc) is 2.19. The van der Waals surface area contributed by atoms with Gasteiger partial charge in [-0.25, -0.2) is 0 Å². The van der Waals surface area contributed by atoms with Gasteiger partial charge in [0.2, 0.25) is 0 Å². The van der Waals surface area contributed by atoms with Gasteiger partial charge in [0.25, 0.3) is 0 Å². The van der Waals surface area contributed by atoms with Crippen LogP contribution in [0.4, 0.5) is 0 Å². The first-order chi connectivity index (χ1) is 6.02. The van der Waals surface area contributed by atoms with E-state index in [4.69, 9.17) is 0 Å². The van der Waals surface area contributed by atoms with Crippen LogP contribution in [-0.4, -0.2) is 48.1 Å². The molecule has 1 heterocycles. The number of hydrogen-bond acceptors (Lipinski definition) is 2. The van der Waals surface area contributed by atoms with Crippen molar-refractivity contribution in [2.45, 2.75) is 52.2 Å². The van der Waals surface area contributed by atoms with Crippen LogP contribution < -0.4 is 0 Å². The first kappa shape index (κ1) is 11.0. The van der Waals surface area contributed by atoms with Crippen LogP contribution in [0.15, 0.2) is 0 Å². The molecular formula is C11H24N2. The minimum atomic E-state index is 0.694. The lowest BCUT2D eigenvalue weighted by Crippen LogP contribution is -2.41. The monoisotopic (exact) mass is 184 g/mol. The quantitative estimate of drug-likeness (QED) is 0.613. The Kier molecular flexibility index (Phi) is 3.74. The van der Waals surface area contributed by atoms with Crippen LogP contribution in [0.25, 0.3) is 0 Å². The lowest BCUT2D eigenvalue weighted by molar-refractivity contribution is 0.174. The maximum atomic E-state index is 2.59. The number of nitrogens with zero attached hydrogens (tertiary/aromatic N) is 2. The van der Waals surface area contributed by atoms with Crippen molar-refractivity contribution in [2.24, 2.45) is 0 Å². The average molecular weight is 184 g/mol. The van der Waals surface area contributed by atoms with E-state index in [1.807, 2.05) is 0 Å². The summed E-state index contributed by atoms with van der Waals surface area (Å²) in [4.78, 5) is 5.09. The number of hydrogen-bond donors (Lipinski definition) is 0. The van der Waals surface area contributed by atoms with E-state index in [0.717, 1.165) is 6.04 Å². The van der Waals surface area contributed by atoms with E-state index in [1.54, 1.807) is 0 Å². The van der Waals surface area contributed by atoms with Crippen molar-refractivity contribution in [3.05, 3.63) is 0 Å². The predicted molar refractivity (Wildman–Crippen MR) is 58.0 cm³/mol. The molecule has 2 heteroatoms. The molecule has 0 amide bonds. The first-order valence-electron chi connectivity index (χ1n) is 5.48. The zero-order valence-electron chi connectivity index (χ0n) is 9.75. The Hall–Kier alpha value is -0.0800. The SMILES string of the molecule is CC(C)N1CC[C@@H](C)N(C)[C@H](C)C1. The maximum absolute atomic E-state index is 2.59. The van der Waals surface area contributed by atoms with E-state index in [-0.39, 0.29) is 0 Å². The van der Waals surface area contributed by atoms with Gasteiger partial charge < -0.3 is 0 Å². The summed E-state index contributed by atoms with van der Waals surface area (Å²) in [5.41, 5.74) is 0. The van der Waals surface area contributed by atoms with Gasteiger partial charge in [-0.05, 0) is 47.7 Å². The highest BCUT2D eigenvalue weighted by Gasteiger charge is 2.24. The van der Waals surface area contributed by atoms with E-state index in [0.29, 0.717) is 12.1 Å². The van der Waals surface area contributed by atoms with E-state index in [1.165, 1.54) is 19.5 Å². The molecule has 2 nitrogen and oxygen atoms in total. The summed E-state index contributed by atoms with van der Waals surface area (Å²) in [6.45, 7) is 11.7. The first-order valence-corrected chi connectivity index (χ1v) is 5.48. The standard InChI is InChI=1S/C11H24N2/c1-9(2)13-7-6-10(3)12(5)11(4)8-13/h9-11H,6-8H2,1-5H3/t10-,11-/m1/s1. The van der Waals surface area contributed by atoms with Gasteiger partial charge in [-0.2, -0.15) is 0 Å². The highest BCUT2D eigenvalue weighted by Crippen LogP contribution is 2.15. The maximum Gasteiger partial charge on any atom is 0.0194 e. The summed E-state index contributed by atoms with van der Waals surface area (Å²) in [6.07, 6.45) is 1.30. The Balaban J connectivity index is 2.58. The van der Waals surface area contributed by atoms with Gasteiger partial charge in [0, 0.05) is 24.7 Å². The molecule has 2 atom stereocenters. The van der Waals surface area contributed by atoms with Gasteiger partial charge in [0.1, 0.15) is 0 Å². The number of rotatable bonds is 1. The topological polar surface area (TPSA) is 6.48 Å². The second-order valence-electron chi connectivity index (χ2n) is 4.74. The molecule has 1 aliphatic rings. The van der Waals surface area contributed by atoms with Crippen molar-refractivity contribution in [1.82, 2.24) is 9.80 Å². The third-order valence-electron chi connectivity index (χ3n) is 3.45. The highest BCUT2D eigenvalue weighted by atomic mass is 15.2. The molecule has 1 aliphatic heterocycles. The van der Waals surface area contributed by atoms with Crippen molar-refractivity contribution in [1.29, 1.82) is 0 Å². The van der Waals surface area contributed by atoms with Gasteiger partial charge in [-0.1, -0.05) is 0 Å². The zero-order valence-corrected chi connectivity index (χ0v) is 9.75. The van der Waals surface area contributed by atoms with Crippen LogP contribution in [0.3, 0.4) is 0 Å². The molecule has 13 heavy (non-hydrogen) atoms. The molecule has 0 spiro atoms. The van der Waals surface area contributed by atoms with Gasteiger partial charge in [-0.15, -0.1) is 0 Å². The summed E-state index contributed by atoms with van der Waals surface area (Å²) in [5.74, 6) is 0. The third-order valence-corrected chi connectivity index (χ3v) is 3.45.